The van der Waals surface area contributed by atoms with E-state index >= 15 is 0 Å². The van der Waals surface area contributed by atoms with Crippen LogP contribution in [-0.2, 0) is 9.59 Å². The van der Waals surface area contributed by atoms with Crippen LogP contribution in [0.1, 0.15) is 25.7 Å². The Hall–Kier alpha value is -1.10. The summed E-state index contributed by atoms with van der Waals surface area (Å²) in [6.07, 6.45) is 2.85. The standard InChI is InChI=1S/C10H17N3O2/c11-7-3-5-13(6-4-7)10(15)8-1-2-9(14)12-8/h7-8H,1-6,11H2,(H,12,14). The van der Waals surface area contributed by atoms with Gasteiger partial charge in [0.05, 0.1) is 0 Å². The van der Waals surface area contributed by atoms with Crippen molar-refractivity contribution in [1.29, 1.82) is 0 Å². The summed E-state index contributed by atoms with van der Waals surface area (Å²) in [4.78, 5) is 24.7. The molecule has 3 N–H and O–H groups in total. The van der Waals surface area contributed by atoms with Gasteiger partial charge in [0.2, 0.25) is 11.8 Å². The van der Waals surface area contributed by atoms with Gasteiger partial charge in [-0.2, -0.15) is 0 Å². The Morgan fingerprint density at radius 1 is 1.33 bits per heavy atom. The van der Waals surface area contributed by atoms with Crippen LogP contribution in [0, 0.1) is 0 Å². The van der Waals surface area contributed by atoms with Crippen molar-refractivity contribution in [3.05, 3.63) is 0 Å². The summed E-state index contributed by atoms with van der Waals surface area (Å²) in [7, 11) is 0. The highest BCUT2D eigenvalue weighted by molar-refractivity contribution is 5.90. The minimum atomic E-state index is -0.285. The van der Waals surface area contributed by atoms with Gasteiger partial charge in [-0.05, 0) is 19.3 Å². The van der Waals surface area contributed by atoms with E-state index < -0.39 is 0 Å². The molecule has 0 aromatic rings. The largest absolute Gasteiger partial charge is 0.344 e. The lowest BCUT2D eigenvalue weighted by Gasteiger charge is -2.31. The summed E-state index contributed by atoms with van der Waals surface area (Å²) in [6, 6.07) is -0.0564. The van der Waals surface area contributed by atoms with E-state index in [9.17, 15) is 9.59 Å². The molecule has 0 radical (unpaired) electrons. The van der Waals surface area contributed by atoms with Crippen molar-refractivity contribution in [2.24, 2.45) is 5.73 Å². The van der Waals surface area contributed by atoms with Crippen molar-refractivity contribution in [1.82, 2.24) is 10.2 Å². The molecule has 2 heterocycles. The van der Waals surface area contributed by atoms with Gasteiger partial charge >= 0.3 is 0 Å². The number of piperidine rings is 1. The molecule has 2 saturated heterocycles. The number of hydrogen-bond donors (Lipinski definition) is 2. The molecule has 1 unspecified atom stereocenters. The van der Waals surface area contributed by atoms with Crippen molar-refractivity contribution >= 4 is 11.8 Å². The SMILES string of the molecule is NC1CCN(C(=O)C2CCC(=O)N2)CC1. The van der Waals surface area contributed by atoms with Crippen LogP contribution in [-0.4, -0.2) is 41.9 Å². The zero-order valence-corrected chi connectivity index (χ0v) is 8.74. The second-order valence-corrected chi connectivity index (χ2v) is 4.32. The number of hydrogen-bond acceptors (Lipinski definition) is 3. The Morgan fingerprint density at radius 3 is 2.53 bits per heavy atom. The summed E-state index contributed by atoms with van der Waals surface area (Å²) in [5, 5.41) is 2.70. The molecule has 84 valence electrons. The van der Waals surface area contributed by atoms with Crippen LogP contribution in [0.5, 0.6) is 0 Å². The van der Waals surface area contributed by atoms with Crippen molar-refractivity contribution in [3.8, 4) is 0 Å². The highest BCUT2D eigenvalue weighted by Gasteiger charge is 2.31. The van der Waals surface area contributed by atoms with Gasteiger partial charge in [-0.15, -0.1) is 0 Å². The van der Waals surface area contributed by atoms with E-state index in [0.29, 0.717) is 12.8 Å². The maximum atomic E-state index is 11.9. The first-order valence-electron chi connectivity index (χ1n) is 5.50. The molecule has 0 aromatic heterocycles. The topological polar surface area (TPSA) is 75.4 Å². The average Bonchev–Trinajstić information content (AvgIpc) is 2.65. The number of carbonyl (C=O) groups excluding carboxylic acids is 2. The predicted octanol–water partition coefficient (Wildman–Crippen LogP) is -0.785. The number of amides is 2. The molecule has 0 aromatic carbocycles. The van der Waals surface area contributed by atoms with E-state index in [-0.39, 0.29) is 23.9 Å². The fourth-order valence-corrected chi connectivity index (χ4v) is 2.14. The maximum Gasteiger partial charge on any atom is 0.245 e. The third-order valence-corrected chi connectivity index (χ3v) is 3.14. The fourth-order valence-electron chi connectivity index (χ4n) is 2.14. The van der Waals surface area contributed by atoms with Gasteiger partial charge in [-0.1, -0.05) is 0 Å². The van der Waals surface area contributed by atoms with E-state index in [0.717, 1.165) is 25.9 Å². The minimum absolute atomic E-state index is 0.0120. The zero-order chi connectivity index (χ0) is 10.8. The Kier molecular flexibility index (Phi) is 2.90. The summed E-state index contributed by atoms with van der Waals surface area (Å²) in [5.74, 6) is 0.0508. The maximum absolute atomic E-state index is 11.9. The Morgan fingerprint density at radius 2 is 2.00 bits per heavy atom. The second kappa shape index (κ2) is 4.18. The van der Waals surface area contributed by atoms with Crippen LogP contribution < -0.4 is 11.1 Å². The van der Waals surface area contributed by atoms with Crippen LogP contribution in [0.2, 0.25) is 0 Å². The quantitative estimate of drug-likeness (QED) is 0.597. The van der Waals surface area contributed by atoms with Crippen molar-refractivity contribution in [2.75, 3.05) is 13.1 Å². The van der Waals surface area contributed by atoms with Crippen LogP contribution >= 0.6 is 0 Å². The van der Waals surface area contributed by atoms with E-state index in [2.05, 4.69) is 5.32 Å². The number of nitrogens with two attached hydrogens (primary N) is 1. The molecule has 2 amide bonds. The number of nitrogens with one attached hydrogen (secondary N) is 1. The van der Waals surface area contributed by atoms with Gasteiger partial charge in [-0.3, -0.25) is 9.59 Å². The van der Waals surface area contributed by atoms with E-state index in [1.54, 1.807) is 0 Å². The molecule has 2 aliphatic rings. The Bertz CT molecular complexity index is 272. The average molecular weight is 211 g/mol. The zero-order valence-electron chi connectivity index (χ0n) is 8.74. The summed E-state index contributed by atoms with van der Waals surface area (Å²) < 4.78 is 0. The van der Waals surface area contributed by atoms with E-state index in [4.69, 9.17) is 5.73 Å². The second-order valence-electron chi connectivity index (χ2n) is 4.32. The third-order valence-electron chi connectivity index (χ3n) is 3.14. The third kappa shape index (κ3) is 2.28. The molecule has 0 spiro atoms. The molecule has 0 aliphatic carbocycles. The number of carbonyl (C=O) groups is 2. The highest BCUT2D eigenvalue weighted by atomic mass is 16.2. The first kappa shape index (κ1) is 10.4. The van der Waals surface area contributed by atoms with Gasteiger partial charge in [0, 0.05) is 25.6 Å². The van der Waals surface area contributed by atoms with E-state index in [1.807, 2.05) is 4.90 Å². The Balaban J connectivity index is 1.88. The highest BCUT2D eigenvalue weighted by Crippen LogP contribution is 2.14. The fraction of sp³-hybridized carbons (Fsp3) is 0.800. The lowest BCUT2D eigenvalue weighted by molar-refractivity contribution is -0.135. The molecule has 2 aliphatic heterocycles. The summed E-state index contributed by atoms with van der Waals surface area (Å²) in [6.45, 7) is 1.46. The molecule has 5 heteroatoms. The summed E-state index contributed by atoms with van der Waals surface area (Å²) in [5.41, 5.74) is 5.76. The van der Waals surface area contributed by atoms with E-state index in [1.165, 1.54) is 0 Å². The molecule has 15 heavy (non-hydrogen) atoms. The molecule has 2 fully saturated rings. The summed E-state index contributed by atoms with van der Waals surface area (Å²) >= 11 is 0. The lowest BCUT2D eigenvalue weighted by atomic mass is 10.0. The number of likely N-dealkylation sites (tertiary alicyclic amines) is 1. The predicted molar refractivity (Wildman–Crippen MR) is 55.0 cm³/mol. The number of rotatable bonds is 1. The molecule has 0 saturated carbocycles. The Labute approximate surface area is 89.0 Å². The molecular weight excluding hydrogens is 194 g/mol. The molecule has 1 atom stereocenters. The molecule has 0 bridgehead atoms. The molecule has 5 nitrogen and oxygen atoms in total. The smallest absolute Gasteiger partial charge is 0.245 e. The van der Waals surface area contributed by atoms with Gasteiger partial charge in [0.25, 0.3) is 0 Å². The van der Waals surface area contributed by atoms with Crippen LogP contribution in [0.4, 0.5) is 0 Å². The monoisotopic (exact) mass is 211 g/mol. The molecule has 2 rings (SSSR count). The normalized spacial score (nSPS) is 27.9. The van der Waals surface area contributed by atoms with Crippen LogP contribution in [0.25, 0.3) is 0 Å². The van der Waals surface area contributed by atoms with Gasteiger partial charge < -0.3 is 16.0 Å². The lowest BCUT2D eigenvalue weighted by Crippen LogP contribution is -2.49. The minimum Gasteiger partial charge on any atom is -0.344 e. The van der Waals surface area contributed by atoms with Crippen molar-refractivity contribution < 1.29 is 9.59 Å². The van der Waals surface area contributed by atoms with Crippen molar-refractivity contribution in [3.63, 3.8) is 0 Å². The first-order chi connectivity index (χ1) is 7.16. The molecular formula is C10H17N3O2. The van der Waals surface area contributed by atoms with Crippen LogP contribution in [0.3, 0.4) is 0 Å². The first-order valence-corrected chi connectivity index (χ1v) is 5.50. The van der Waals surface area contributed by atoms with Crippen LogP contribution in [0.15, 0.2) is 0 Å². The van der Waals surface area contributed by atoms with Gasteiger partial charge in [0.1, 0.15) is 6.04 Å². The van der Waals surface area contributed by atoms with Gasteiger partial charge in [-0.25, -0.2) is 0 Å². The van der Waals surface area contributed by atoms with Crippen molar-refractivity contribution in [2.45, 2.75) is 37.8 Å². The van der Waals surface area contributed by atoms with Gasteiger partial charge in [0.15, 0.2) is 0 Å². The number of nitrogens with zero attached hydrogens (tertiary/aromatic N) is 1.